The second kappa shape index (κ2) is 4.88. The summed E-state index contributed by atoms with van der Waals surface area (Å²) in [4.78, 5) is 8.87. The fraction of sp³-hybridized carbons (Fsp3) is 0.333. The minimum atomic E-state index is 0.518. The number of fused-ring (bicyclic) bond motifs is 1. The van der Waals surface area contributed by atoms with Gasteiger partial charge in [0.25, 0.3) is 0 Å². The van der Waals surface area contributed by atoms with Crippen LogP contribution in [0, 0.1) is 0 Å². The number of aromatic nitrogens is 2. The summed E-state index contributed by atoms with van der Waals surface area (Å²) in [5.74, 6) is 2.26. The molecule has 4 heteroatoms. The monoisotopic (exact) mass is 255 g/mol. The summed E-state index contributed by atoms with van der Waals surface area (Å²) in [7, 11) is 0. The first kappa shape index (κ1) is 12.0. The third-order valence-electron chi connectivity index (χ3n) is 3.26. The van der Waals surface area contributed by atoms with E-state index in [9.17, 15) is 0 Å². The van der Waals surface area contributed by atoms with Gasteiger partial charge < -0.3 is 10.5 Å². The molecule has 4 nitrogen and oxygen atoms in total. The Morgan fingerprint density at radius 1 is 1.32 bits per heavy atom. The van der Waals surface area contributed by atoms with Crippen LogP contribution in [-0.2, 0) is 12.8 Å². The molecule has 1 aliphatic rings. The van der Waals surface area contributed by atoms with Crippen LogP contribution in [0.15, 0.2) is 24.3 Å². The fourth-order valence-corrected chi connectivity index (χ4v) is 2.41. The summed E-state index contributed by atoms with van der Waals surface area (Å²) in [6, 6.07) is 7.99. The normalized spacial score (nSPS) is 13.1. The molecule has 1 aromatic heterocycles. The van der Waals surface area contributed by atoms with E-state index >= 15 is 0 Å². The van der Waals surface area contributed by atoms with Crippen molar-refractivity contribution >= 4 is 5.82 Å². The molecule has 1 aromatic carbocycles. The smallest absolute Gasteiger partial charge is 0.132 e. The summed E-state index contributed by atoms with van der Waals surface area (Å²) in [6.45, 7) is 2.85. The lowest BCUT2D eigenvalue weighted by molar-refractivity contribution is 0.358. The zero-order valence-corrected chi connectivity index (χ0v) is 11.0. The van der Waals surface area contributed by atoms with Crippen LogP contribution in [0.5, 0.6) is 5.75 Å². The van der Waals surface area contributed by atoms with Crippen LogP contribution in [0.2, 0.25) is 0 Å². The van der Waals surface area contributed by atoms with E-state index in [1.807, 2.05) is 18.2 Å². The van der Waals surface area contributed by atoms with Crippen molar-refractivity contribution in [3.63, 3.8) is 0 Å². The Morgan fingerprint density at radius 3 is 3.05 bits per heavy atom. The molecule has 1 aliphatic heterocycles. The number of para-hydroxylation sites is 1. The van der Waals surface area contributed by atoms with Gasteiger partial charge >= 0.3 is 0 Å². The topological polar surface area (TPSA) is 61.0 Å². The fourth-order valence-electron chi connectivity index (χ4n) is 2.41. The largest absolute Gasteiger partial charge is 0.492 e. The van der Waals surface area contributed by atoms with Crippen molar-refractivity contribution in [3.05, 3.63) is 35.7 Å². The number of benzene rings is 1. The van der Waals surface area contributed by atoms with Crippen LogP contribution in [0.1, 0.15) is 24.7 Å². The number of hydrogen-bond acceptors (Lipinski definition) is 4. The highest BCUT2D eigenvalue weighted by molar-refractivity contribution is 5.71. The molecule has 2 heterocycles. The molecular weight excluding hydrogens is 238 g/mol. The van der Waals surface area contributed by atoms with Gasteiger partial charge in [-0.3, -0.25) is 0 Å². The van der Waals surface area contributed by atoms with Gasteiger partial charge in [0, 0.05) is 24.5 Å². The van der Waals surface area contributed by atoms with Gasteiger partial charge in [-0.15, -0.1) is 0 Å². The number of nitrogen functional groups attached to an aromatic ring is 1. The maximum Gasteiger partial charge on any atom is 0.132 e. The standard InChI is InChI=1S/C15H17N3O/c1-2-4-14-17-12(9-13(16)18-14)11-6-3-5-10-7-8-19-15(10)11/h3,5-6,9H,2,4,7-8H2,1H3,(H2,16,17,18). The summed E-state index contributed by atoms with van der Waals surface area (Å²) in [5, 5.41) is 0. The van der Waals surface area contributed by atoms with E-state index in [2.05, 4.69) is 23.0 Å². The number of nitrogens with zero attached hydrogens (tertiary/aromatic N) is 2. The third kappa shape index (κ3) is 2.26. The van der Waals surface area contributed by atoms with Crippen molar-refractivity contribution in [2.75, 3.05) is 12.3 Å². The number of hydrogen-bond donors (Lipinski definition) is 1. The van der Waals surface area contributed by atoms with Gasteiger partial charge in [-0.1, -0.05) is 19.1 Å². The predicted molar refractivity (Wildman–Crippen MR) is 75.1 cm³/mol. The van der Waals surface area contributed by atoms with Crippen molar-refractivity contribution in [1.82, 2.24) is 9.97 Å². The Labute approximate surface area is 112 Å². The van der Waals surface area contributed by atoms with E-state index in [1.54, 1.807) is 0 Å². The maximum atomic E-state index is 5.88. The van der Waals surface area contributed by atoms with Crippen molar-refractivity contribution in [1.29, 1.82) is 0 Å². The average molecular weight is 255 g/mol. The minimum Gasteiger partial charge on any atom is -0.492 e. The zero-order valence-electron chi connectivity index (χ0n) is 11.0. The molecule has 19 heavy (non-hydrogen) atoms. The molecule has 0 aliphatic carbocycles. The number of aryl methyl sites for hydroxylation is 1. The first-order chi connectivity index (χ1) is 9.28. The van der Waals surface area contributed by atoms with Crippen molar-refractivity contribution in [3.8, 4) is 17.0 Å². The first-order valence-electron chi connectivity index (χ1n) is 6.66. The van der Waals surface area contributed by atoms with E-state index < -0.39 is 0 Å². The summed E-state index contributed by atoms with van der Waals surface area (Å²) < 4.78 is 5.72. The number of ether oxygens (including phenoxy) is 1. The van der Waals surface area contributed by atoms with Crippen LogP contribution in [0.3, 0.4) is 0 Å². The van der Waals surface area contributed by atoms with Gasteiger partial charge in [0.2, 0.25) is 0 Å². The number of nitrogens with two attached hydrogens (primary N) is 1. The molecule has 0 atom stereocenters. The van der Waals surface area contributed by atoms with Gasteiger partial charge in [-0.05, 0) is 18.1 Å². The quantitative estimate of drug-likeness (QED) is 0.915. The van der Waals surface area contributed by atoms with Crippen LogP contribution in [-0.4, -0.2) is 16.6 Å². The van der Waals surface area contributed by atoms with Gasteiger partial charge in [0.1, 0.15) is 17.4 Å². The van der Waals surface area contributed by atoms with E-state index in [0.29, 0.717) is 5.82 Å². The van der Waals surface area contributed by atoms with Gasteiger partial charge in [0.05, 0.1) is 12.3 Å². The Balaban J connectivity index is 2.09. The lowest BCUT2D eigenvalue weighted by Crippen LogP contribution is -2.01. The van der Waals surface area contributed by atoms with Gasteiger partial charge in [-0.25, -0.2) is 9.97 Å². The Morgan fingerprint density at radius 2 is 2.21 bits per heavy atom. The van der Waals surface area contributed by atoms with Gasteiger partial charge in [-0.2, -0.15) is 0 Å². The molecule has 0 saturated heterocycles. The second-order valence-electron chi connectivity index (χ2n) is 4.74. The van der Waals surface area contributed by atoms with Crippen molar-refractivity contribution in [2.24, 2.45) is 0 Å². The van der Waals surface area contributed by atoms with Crippen LogP contribution < -0.4 is 10.5 Å². The number of rotatable bonds is 3. The Bertz CT molecular complexity index is 610. The lowest BCUT2D eigenvalue weighted by atomic mass is 10.1. The Kier molecular flexibility index (Phi) is 3.07. The van der Waals surface area contributed by atoms with Crippen LogP contribution >= 0.6 is 0 Å². The number of anilines is 1. The first-order valence-corrected chi connectivity index (χ1v) is 6.66. The highest BCUT2D eigenvalue weighted by Crippen LogP contribution is 2.36. The second-order valence-corrected chi connectivity index (χ2v) is 4.74. The zero-order chi connectivity index (χ0) is 13.2. The molecule has 0 fully saturated rings. The highest BCUT2D eigenvalue weighted by atomic mass is 16.5. The molecule has 0 saturated carbocycles. The van der Waals surface area contributed by atoms with Crippen LogP contribution in [0.4, 0.5) is 5.82 Å². The SMILES string of the molecule is CCCc1nc(N)cc(-c2cccc3c2OCC3)n1. The molecule has 0 spiro atoms. The lowest BCUT2D eigenvalue weighted by Gasteiger charge is -2.09. The predicted octanol–water partition coefficient (Wildman–Crippen LogP) is 2.61. The van der Waals surface area contributed by atoms with E-state index in [4.69, 9.17) is 10.5 Å². The average Bonchev–Trinajstić information content (AvgIpc) is 2.86. The minimum absolute atomic E-state index is 0.518. The molecule has 0 amide bonds. The summed E-state index contributed by atoms with van der Waals surface area (Å²) in [5.41, 5.74) is 8.99. The highest BCUT2D eigenvalue weighted by Gasteiger charge is 2.18. The molecule has 0 bridgehead atoms. The van der Waals surface area contributed by atoms with Crippen molar-refractivity contribution in [2.45, 2.75) is 26.2 Å². The molecule has 0 radical (unpaired) electrons. The van der Waals surface area contributed by atoms with E-state index in [1.165, 1.54) is 5.56 Å². The van der Waals surface area contributed by atoms with E-state index in [-0.39, 0.29) is 0 Å². The molecule has 98 valence electrons. The molecule has 2 aromatic rings. The summed E-state index contributed by atoms with van der Waals surface area (Å²) in [6.07, 6.45) is 2.81. The summed E-state index contributed by atoms with van der Waals surface area (Å²) >= 11 is 0. The third-order valence-corrected chi connectivity index (χ3v) is 3.26. The van der Waals surface area contributed by atoms with E-state index in [0.717, 1.165) is 48.7 Å². The van der Waals surface area contributed by atoms with Crippen molar-refractivity contribution < 1.29 is 4.74 Å². The van der Waals surface area contributed by atoms with Gasteiger partial charge in [0.15, 0.2) is 0 Å². The Hall–Kier alpha value is -2.10. The molecule has 3 rings (SSSR count). The van der Waals surface area contributed by atoms with Crippen LogP contribution in [0.25, 0.3) is 11.3 Å². The molecule has 2 N–H and O–H groups in total. The molecular formula is C15H17N3O. The maximum absolute atomic E-state index is 5.88. The molecule has 0 unspecified atom stereocenters.